The van der Waals surface area contributed by atoms with Crippen LogP contribution >= 0.6 is 0 Å². The summed E-state index contributed by atoms with van der Waals surface area (Å²) in [7, 11) is 0. The summed E-state index contributed by atoms with van der Waals surface area (Å²) >= 11 is 0. The molecule has 0 aliphatic carbocycles. The van der Waals surface area contributed by atoms with Crippen molar-refractivity contribution in [1.82, 2.24) is 0 Å². The molecule has 1 amide bonds. The maximum atomic E-state index is 10.9. The Bertz CT molecular complexity index is 338. The molecule has 0 saturated carbocycles. The van der Waals surface area contributed by atoms with Gasteiger partial charge in [-0.15, -0.1) is 0 Å². The molecule has 100 valence electrons. The Morgan fingerprint density at radius 2 is 1.83 bits per heavy atom. The van der Waals surface area contributed by atoms with Crippen LogP contribution in [0.25, 0.3) is 0 Å². The summed E-state index contributed by atoms with van der Waals surface area (Å²) in [5, 5.41) is 0. The van der Waals surface area contributed by atoms with E-state index in [2.05, 4.69) is 6.92 Å². The fraction of sp³-hybridized carbons (Fsp3) is 0.533. The highest BCUT2D eigenvalue weighted by Gasteiger charge is 2.14. The van der Waals surface area contributed by atoms with Crippen LogP contribution in [0.4, 0.5) is 4.79 Å². The fourth-order valence-electron chi connectivity index (χ4n) is 2.03. The van der Waals surface area contributed by atoms with Crippen molar-refractivity contribution in [3.63, 3.8) is 0 Å². The third kappa shape index (κ3) is 5.71. The third-order valence-electron chi connectivity index (χ3n) is 3.00. The van der Waals surface area contributed by atoms with Crippen LogP contribution in [0.5, 0.6) is 0 Å². The molecule has 3 heteroatoms. The van der Waals surface area contributed by atoms with Crippen molar-refractivity contribution in [2.45, 2.75) is 51.6 Å². The lowest BCUT2D eigenvalue weighted by atomic mass is 10.0. The van der Waals surface area contributed by atoms with Gasteiger partial charge in [-0.05, 0) is 18.4 Å². The van der Waals surface area contributed by atoms with Crippen LogP contribution in [0.3, 0.4) is 0 Å². The summed E-state index contributed by atoms with van der Waals surface area (Å²) in [5.74, 6) is 0. The van der Waals surface area contributed by atoms with Gasteiger partial charge in [-0.25, -0.2) is 4.79 Å². The van der Waals surface area contributed by atoms with E-state index in [9.17, 15) is 4.79 Å². The van der Waals surface area contributed by atoms with Crippen LogP contribution in [0.1, 0.15) is 57.1 Å². The van der Waals surface area contributed by atoms with Crippen molar-refractivity contribution in [1.29, 1.82) is 0 Å². The Labute approximate surface area is 109 Å². The predicted octanol–water partition coefficient (Wildman–Crippen LogP) is 4.18. The smallest absolute Gasteiger partial charge is 0.405 e. The van der Waals surface area contributed by atoms with E-state index in [4.69, 9.17) is 10.5 Å². The lowest BCUT2D eigenvalue weighted by Gasteiger charge is -2.16. The molecule has 1 aromatic rings. The zero-order valence-corrected chi connectivity index (χ0v) is 11.1. The molecule has 0 saturated heterocycles. The van der Waals surface area contributed by atoms with Crippen molar-refractivity contribution in [3.8, 4) is 0 Å². The molecule has 0 fully saturated rings. The van der Waals surface area contributed by atoms with E-state index in [1.165, 1.54) is 25.7 Å². The van der Waals surface area contributed by atoms with E-state index in [0.29, 0.717) is 0 Å². The molecular formula is C15H23NO2. The standard InChI is InChI=1S/C15H23NO2/c1-2-3-4-5-9-12-14(18-15(16)17)13-10-7-6-8-11-13/h6-8,10-11,14H,2-5,9,12H2,1H3,(H2,16,17). The minimum Gasteiger partial charge on any atom is -0.442 e. The van der Waals surface area contributed by atoms with Gasteiger partial charge in [0.2, 0.25) is 0 Å². The SMILES string of the molecule is CCCCCCCC(OC(N)=O)c1ccccc1. The van der Waals surface area contributed by atoms with Gasteiger partial charge in [-0.3, -0.25) is 0 Å². The number of hydrogen-bond acceptors (Lipinski definition) is 2. The molecule has 1 rings (SSSR count). The molecule has 0 heterocycles. The monoisotopic (exact) mass is 249 g/mol. The molecule has 1 aromatic carbocycles. The molecule has 0 aliphatic heterocycles. The van der Waals surface area contributed by atoms with Crippen LogP contribution in [-0.4, -0.2) is 6.09 Å². The number of hydrogen-bond donors (Lipinski definition) is 1. The molecule has 1 atom stereocenters. The summed E-state index contributed by atoms with van der Waals surface area (Å²) in [5.41, 5.74) is 6.14. The van der Waals surface area contributed by atoms with E-state index >= 15 is 0 Å². The number of primary amides is 1. The average Bonchev–Trinajstić information content (AvgIpc) is 2.38. The molecule has 0 aliphatic rings. The Morgan fingerprint density at radius 1 is 1.17 bits per heavy atom. The van der Waals surface area contributed by atoms with Crippen molar-refractivity contribution < 1.29 is 9.53 Å². The lowest BCUT2D eigenvalue weighted by Crippen LogP contribution is -2.17. The molecular weight excluding hydrogens is 226 g/mol. The van der Waals surface area contributed by atoms with E-state index in [1.807, 2.05) is 30.3 Å². The number of ether oxygens (including phenoxy) is 1. The zero-order valence-electron chi connectivity index (χ0n) is 11.1. The summed E-state index contributed by atoms with van der Waals surface area (Å²) in [4.78, 5) is 10.9. The Hall–Kier alpha value is -1.51. The van der Waals surface area contributed by atoms with Gasteiger partial charge in [-0.2, -0.15) is 0 Å². The topological polar surface area (TPSA) is 52.3 Å². The van der Waals surface area contributed by atoms with Crippen LogP contribution in [-0.2, 0) is 4.74 Å². The number of carbonyl (C=O) groups excluding carboxylic acids is 1. The first-order valence-electron chi connectivity index (χ1n) is 6.75. The van der Waals surface area contributed by atoms with Gasteiger partial charge in [0.25, 0.3) is 0 Å². The molecule has 18 heavy (non-hydrogen) atoms. The highest BCUT2D eigenvalue weighted by molar-refractivity contribution is 5.65. The number of carbonyl (C=O) groups is 1. The zero-order chi connectivity index (χ0) is 13.2. The first kappa shape index (κ1) is 14.6. The molecule has 0 bridgehead atoms. The molecule has 2 N–H and O–H groups in total. The first-order valence-corrected chi connectivity index (χ1v) is 6.75. The molecule has 0 aromatic heterocycles. The quantitative estimate of drug-likeness (QED) is 0.702. The van der Waals surface area contributed by atoms with Gasteiger partial charge in [0.1, 0.15) is 6.10 Å². The summed E-state index contributed by atoms with van der Waals surface area (Å²) in [6.07, 6.45) is 5.94. The summed E-state index contributed by atoms with van der Waals surface area (Å²) in [6, 6.07) is 9.79. The van der Waals surface area contributed by atoms with Crippen molar-refractivity contribution in [2.75, 3.05) is 0 Å². The fourth-order valence-corrected chi connectivity index (χ4v) is 2.03. The second-order valence-electron chi connectivity index (χ2n) is 4.54. The average molecular weight is 249 g/mol. The van der Waals surface area contributed by atoms with E-state index in [1.54, 1.807) is 0 Å². The van der Waals surface area contributed by atoms with Crippen LogP contribution in [0, 0.1) is 0 Å². The maximum Gasteiger partial charge on any atom is 0.405 e. The van der Waals surface area contributed by atoms with Gasteiger partial charge >= 0.3 is 6.09 Å². The van der Waals surface area contributed by atoms with E-state index < -0.39 is 6.09 Å². The van der Waals surface area contributed by atoms with Crippen molar-refractivity contribution >= 4 is 6.09 Å². The normalized spacial score (nSPS) is 12.1. The Kier molecular flexibility index (Phi) is 6.92. The van der Waals surface area contributed by atoms with E-state index in [-0.39, 0.29) is 6.10 Å². The van der Waals surface area contributed by atoms with Crippen molar-refractivity contribution in [3.05, 3.63) is 35.9 Å². The largest absolute Gasteiger partial charge is 0.442 e. The van der Waals surface area contributed by atoms with Crippen molar-refractivity contribution in [2.24, 2.45) is 5.73 Å². The van der Waals surface area contributed by atoms with E-state index in [0.717, 1.165) is 18.4 Å². The highest BCUT2D eigenvalue weighted by atomic mass is 16.6. The van der Waals surface area contributed by atoms with Crippen LogP contribution in [0.15, 0.2) is 30.3 Å². The highest BCUT2D eigenvalue weighted by Crippen LogP contribution is 2.23. The van der Waals surface area contributed by atoms with Gasteiger partial charge in [0, 0.05) is 0 Å². The summed E-state index contributed by atoms with van der Waals surface area (Å²) in [6.45, 7) is 2.20. The van der Waals surface area contributed by atoms with Gasteiger partial charge in [0.05, 0.1) is 0 Å². The number of unbranched alkanes of at least 4 members (excludes halogenated alkanes) is 4. The van der Waals surface area contributed by atoms with Gasteiger partial charge in [-0.1, -0.05) is 62.9 Å². The molecule has 1 unspecified atom stereocenters. The Balaban J connectivity index is 2.44. The predicted molar refractivity (Wildman–Crippen MR) is 73.2 cm³/mol. The number of benzene rings is 1. The number of rotatable bonds is 8. The second-order valence-corrected chi connectivity index (χ2v) is 4.54. The van der Waals surface area contributed by atoms with Gasteiger partial charge in [0.15, 0.2) is 0 Å². The second kappa shape index (κ2) is 8.56. The minimum absolute atomic E-state index is 0.203. The molecule has 3 nitrogen and oxygen atoms in total. The maximum absolute atomic E-state index is 10.9. The lowest BCUT2D eigenvalue weighted by molar-refractivity contribution is 0.0994. The summed E-state index contributed by atoms with van der Waals surface area (Å²) < 4.78 is 5.18. The third-order valence-corrected chi connectivity index (χ3v) is 3.00. The number of nitrogens with two attached hydrogens (primary N) is 1. The van der Waals surface area contributed by atoms with Crippen LogP contribution < -0.4 is 5.73 Å². The molecule has 0 radical (unpaired) electrons. The number of amides is 1. The molecule has 0 spiro atoms. The van der Waals surface area contributed by atoms with Gasteiger partial charge < -0.3 is 10.5 Å². The first-order chi connectivity index (χ1) is 8.74. The van der Waals surface area contributed by atoms with Crippen LogP contribution in [0.2, 0.25) is 0 Å². The minimum atomic E-state index is -0.697. The Morgan fingerprint density at radius 3 is 2.44 bits per heavy atom.